The third-order valence-electron chi connectivity index (χ3n) is 7.06. The van der Waals surface area contributed by atoms with Crippen molar-refractivity contribution in [2.45, 2.75) is 62.6 Å². The molecule has 3 aliphatic rings. The second-order valence-corrected chi connectivity index (χ2v) is 9.80. The summed E-state index contributed by atoms with van der Waals surface area (Å²) in [4.78, 5) is 40.6. The fraction of sp³-hybridized carbons (Fsp3) is 0.500. The SMILES string of the molecule is N#CC(C[C@@H]1CC2(CC2)NC1=O)NC(=O)C(CC1CC1)NC(=O)c1cc2c(F)ccc(F)c2[nH]1. The minimum absolute atomic E-state index is 0.0545. The van der Waals surface area contributed by atoms with Crippen molar-refractivity contribution in [2.75, 3.05) is 0 Å². The van der Waals surface area contributed by atoms with Gasteiger partial charge >= 0.3 is 0 Å². The van der Waals surface area contributed by atoms with E-state index in [1.807, 2.05) is 0 Å². The lowest BCUT2D eigenvalue weighted by Gasteiger charge is -2.21. The lowest BCUT2D eigenvalue weighted by molar-refractivity contribution is -0.125. The Hall–Kier alpha value is -3.48. The standard InChI is InChI=1S/C24H25F2N5O3/c25-16-3-4-17(26)20-15(16)9-19(29-20)23(34)30-18(7-12-1-2-12)22(33)28-14(11-27)8-13-10-24(5-6-24)31-21(13)32/h3-4,9,12-14,18,29H,1-2,5-8,10H2,(H,28,33)(H,30,34)(H,31,32)/t13-,14?,18?/m1/s1. The molecule has 1 aromatic heterocycles. The van der Waals surface area contributed by atoms with Crippen molar-refractivity contribution in [2.24, 2.45) is 11.8 Å². The van der Waals surface area contributed by atoms with Crippen molar-refractivity contribution in [3.8, 4) is 6.07 Å². The molecule has 2 saturated carbocycles. The molecule has 34 heavy (non-hydrogen) atoms. The maximum atomic E-state index is 14.0. The monoisotopic (exact) mass is 469 g/mol. The molecule has 1 aromatic carbocycles. The van der Waals surface area contributed by atoms with Crippen LogP contribution in [0.1, 0.15) is 55.4 Å². The van der Waals surface area contributed by atoms with Crippen LogP contribution in [0.25, 0.3) is 10.9 Å². The second-order valence-electron chi connectivity index (χ2n) is 9.80. The lowest BCUT2D eigenvalue weighted by atomic mass is 9.95. The summed E-state index contributed by atoms with van der Waals surface area (Å²) in [6.07, 6.45) is 5.02. The highest BCUT2D eigenvalue weighted by Crippen LogP contribution is 2.46. The van der Waals surface area contributed by atoms with E-state index in [4.69, 9.17) is 0 Å². The van der Waals surface area contributed by atoms with Crippen molar-refractivity contribution in [1.82, 2.24) is 20.9 Å². The number of carbonyl (C=O) groups excluding carboxylic acids is 3. The van der Waals surface area contributed by atoms with Crippen LogP contribution in [0, 0.1) is 34.8 Å². The number of H-pyrrole nitrogens is 1. The number of benzene rings is 1. The quantitative estimate of drug-likeness (QED) is 0.474. The van der Waals surface area contributed by atoms with E-state index in [0.717, 1.165) is 37.8 Å². The van der Waals surface area contributed by atoms with Crippen molar-refractivity contribution < 1.29 is 23.2 Å². The molecule has 178 valence electrons. The number of aromatic nitrogens is 1. The smallest absolute Gasteiger partial charge is 0.268 e. The average molecular weight is 469 g/mol. The Bertz CT molecular complexity index is 1170. The molecule has 2 heterocycles. The first kappa shape index (κ1) is 22.3. The van der Waals surface area contributed by atoms with Gasteiger partial charge in [-0.1, -0.05) is 12.8 Å². The van der Waals surface area contributed by atoms with Gasteiger partial charge in [-0.2, -0.15) is 5.26 Å². The Labute approximate surface area is 194 Å². The highest BCUT2D eigenvalue weighted by atomic mass is 19.1. The maximum Gasteiger partial charge on any atom is 0.268 e. The number of nitrogens with zero attached hydrogens (tertiary/aromatic N) is 1. The maximum absolute atomic E-state index is 14.0. The summed E-state index contributed by atoms with van der Waals surface area (Å²) in [6, 6.07) is 3.43. The van der Waals surface area contributed by atoms with E-state index < -0.39 is 35.5 Å². The summed E-state index contributed by atoms with van der Waals surface area (Å²) in [5.41, 5.74) is -0.310. The number of aromatic amines is 1. The summed E-state index contributed by atoms with van der Waals surface area (Å²) < 4.78 is 28.0. The van der Waals surface area contributed by atoms with Crippen LogP contribution in [0.5, 0.6) is 0 Å². The van der Waals surface area contributed by atoms with Crippen molar-refractivity contribution in [3.63, 3.8) is 0 Å². The first-order chi connectivity index (χ1) is 16.3. The van der Waals surface area contributed by atoms with E-state index in [1.165, 1.54) is 6.07 Å². The average Bonchev–Trinajstić information content (AvgIpc) is 3.70. The molecule has 3 amide bonds. The van der Waals surface area contributed by atoms with Gasteiger partial charge in [-0.15, -0.1) is 0 Å². The summed E-state index contributed by atoms with van der Waals surface area (Å²) >= 11 is 0. The molecule has 2 unspecified atom stereocenters. The number of nitrogens with one attached hydrogen (secondary N) is 4. The third kappa shape index (κ3) is 4.47. The van der Waals surface area contributed by atoms with Crippen LogP contribution < -0.4 is 16.0 Å². The van der Waals surface area contributed by atoms with Gasteiger partial charge in [-0.25, -0.2) is 8.78 Å². The lowest BCUT2D eigenvalue weighted by Crippen LogP contribution is -2.50. The Morgan fingerprint density at radius 2 is 1.91 bits per heavy atom. The zero-order valence-electron chi connectivity index (χ0n) is 18.4. The number of rotatable bonds is 8. The van der Waals surface area contributed by atoms with Crippen molar-refractivity contribution >= 4 is 28.6 Å². The van der Waals surface area contributed by atoms with Crippen LogP contribution in [0.2, 0.25) is 0 Å². The Morgan fingerprint density at radius 1 is 1.18 bits per heavy atom. The van der Waals surface area contributed by atoms with Crippen molar-refractivity contribution in [3.05, 3.63) is 35.5 Å². The highest BCUT2D eigenvalue weighted by molar-refractivity contribution is 6.00. The Kier molecular flexibility index (Phi) is 5.50. The Morgan fingerprint density at radius 3 is 2.53 bits per heavy atom. The molecule has 2 aromatic rings. The summed E-state index contributed by atoms with van der Waals surface area (Å²) in [5, 5.41) is 17.8. The van der Waals surface area contributed by atoms with Gasteiger partial charge in [0.1, 0.15) is 29.4 Å². The predicted molar refractivity (Wildman–Crippen MR) is 117 cm³/mol. The summed E-state index contributed by atoms with van der Waals surface area (Å²) in [5.74, 6) is -2.68. The molecule has 3 atom stereocenters. The molecule has 1 saturated heterocycles. The van der Waals surface area contributed by atoms with E-state index in [-0.39, 0.29) is 46.3 Å². The zero-order valence-corrected chi connectivity index (χ0v) is 18.4. The highest BCUT2D eigenvalue weighted by Gasteiger charge is 2.52. The predicted octanol–water partition coefficient (Wildman–Crippen LogP) is 2.41. The number of hydrogen-bond acceptors (Lipinski definition) is 4. The van der Waals surface area contributed by atoms with Crippen LogP contribution in [0.15, 0.2) is 18.2 Å². The van der Waals surface area contributed by atoms with Crippen LogP contribution in [0.4, 0.5) is 8.78 Å². The molecule has 1 spiro atoms. The molecule has 1 aliphatic heterocycles. The van der Waals surface area contributed by atoms with E-state index in [9.17, 15) is 28.4 Å². The molecular weight excluding hydrogens is 444 g/mol. The van der Waals surface area contributed by atoms with E-state index >= 15 is 0 Å². The first-order valence-corrected chi connectivity index (χ1v) is 11.6. The fourth-order valence-electron chi connectivity index (χ4n) is 4.78. The molecule has 4 N–H and O–H groups in total. The molecule has 5 rings (SSSR count). The van der Waals surface area contributed by atoms with Crippen LogP contribution in [-0.4, -0.2) is 40.3 Å². The topological polar surface area (TPSA) is 127 Å². The molecule has 0 radical (unpaired) electrons. The van der Waals surface area contributed by atoms with Crippen LogP contribution in [-0.2, 0) is 9.59 Å². The summed E-state index contributed by atoms with van der Waals surface area (Å²) in [6.45, 7) is 0. The number of hydrogen-bond donors (Lipinski definition) is 4. The van der Waals surface area contributed by atoms with Gasteiger partial charge in [0.05, 0.1) is 11.6 Å². The number of amides is 3. The second kappa shape index (κ2) is 8.38. The largest absolute Gasteiger partial charge is 0.350 e. The van der Waals surface area contributed by atoms with Gasteiger partial charge in [-0.05, 0) is 56.2 Å². The first-order valence-electron chi connectivity index (χ1n) is 11.6. The van der Waals surface area contributed by atoms with Crippen molar-refractivity contribution in [1.29, 1.82) is 5.26 Å². The van der Waals surface area contributed by atoms with Gasteiger partial charge in [0, 0.05) is 16.8 Å². The zero-order chi connectivity index (χ0) is 24.0. The van der Waals surface area contributed by atoms with Crippen LogP contribution >= 0.6 is 0 Å². The van der Waals surface area contributed by atoms with Gasteiger partial charge in [0.2, 0.25) is 11.8 Å². The molecule has 0 bridgehead atoms. The fourth-order valence-corrected chi connectivity index (χ4v) is 4.78. The van der Waals surface area contributed by atoms with E-state index in [0.29, 0.717) is 12.8 Å². The third-order valence-corrected chi connectivity index (χ3v) is 7.06. The number of carbonyl (C=O) groups is 3. The van der Waals surface area contributed by atoms with Gasteiger partial charge in [0.25, 0.3) is 5.91 Å². The van der Waals surface area contributed by atoms with E-state index in [1.54, 1.807) is 0 Å². The number of halogens is 2. The molecule has 2 aliphatic carbocycles. The minimum atomic E-state index is -0.913. The van der Waals surface area contributed by atoms with E-state index in [2.05, 4.69) is 27.0 Å². The van der Waals surface area contributed by atoms with Gasteiger partial charge in [0.15, 0.2) is 0 Å². The summed E-state index contributed by atoms with van der Waals surface area (Å²) in [7, 11) is 0. The molecular formula is C24H25F2N5O3. The van der Waals surface area contributed by atoms with Gasteiger partial charge in [-0.3, -0.25) is 14.4 Å². The van der Waals surface area contributed by atoms with Crippen LogP contribution in [0.3, 0.4) is 0 Å². The normalized spacial score (nSPS) is 22.1. The molecule has 8 nitrogen and oxygen atoms in total. The number of fused-ring (bicyclic) bond motifs is 1. The van der Waals surface area contributed by atoms with Gasteiger partial charge < -0.3 is 20.9 Å². The molecule has 3 fully saturated rings. The molecule has 10 heteroatoms. The Balaban J connectivity index is 1.26. The number of nitriles is 1. The minimum Gasteiger partial charge on any atom is -0.350 e.